The number of nitrogen functional groups attached to an aromatic ring is 1. The molecule has 0 spiro atoms. The maximum atomic E-state index is 9.20. The molecule has 2 rings (SSSR count). The highest BCUT2D eigenvalue weighted by Gasteiger charge is 2.21. The summed E-state index contributed by atoms with van der Waals surface area (Å²) < 4.78 is 0. The molecule has 94 valence electrons. The molecule has 0 saturated heterocycles. The van der Waals surface area contributed by atoms with E-state index in [4.69, 9.17) is 5.73 Å². The van der Waals surface area contributed by atoms with Crippen LogP contribution in [0.2, 0.25) is 0 Å². The van der Waals surface area contributed by atoms with Crippen LogP contribution in [0.1, 0.15) is 31.2 Å². The van der Waals surface area contributed by atoms with Crippen molar-refractivity contribution in [1.29, 1.82) is 0 Å². The molecule has 0 aliphatic heterocycles. The van der Waals surface area contributed by atoms with E-state index in [9.17, 15) is 5.11 Å². The van der Waals surface area contributed by atoms with Gasteiger partial charge in [-0.15, -0.1) is 0 Å². The average molecular weight is 235 g/mol. The second-order valence-corrected chi connectivity index (χ2v) is 4.98. The number of hydrogen-bond donors (Lipinski definition) is 3. The van der Waals surface area contributed by atoms with E-state index >= 15 is 0 Å². The van der Waals surface area contributed by atoms with Crippen LogP contribution in [-0.4, -0.2) is 22.7 Å². The van der Waals surface area contributed by atoms with Crippen LogP contribution < -0.4 is 11.1 Å². The van der Waals surface area contributed by atoms with E-state index in [2.05, 4.69) is 10.3 Å². The number of nitrogens with zero attached hydrogens (tertiary/aromatic N) is 1. The summed E-state index contributed by atoms with van der Waals surface area (Å²) in [6, 6.07) is 2.41. The Morgan fingerprint density at radius 3 is 3.06 bits per heavy atom. The Hall–Kier alpha value is -1.29. The van der Waals surface area contributed by atoms with E-state index in [0.29, 0.717) is 18.6 Å². The average Bonchev–Trinajstić information content (AvgIpc) is 2.34. The summed E-state index contributed by atoms with van der Waals surface area (Å²) >= 11 is 0. The van der Waals surface area contributed by atoms with Crippen molar-refractivity contribution in [2.75, 3.05) is 17.7 Å². The fourth-order valence-corrected chi connectivity index (χ4v) is 2.44. The van der Waals surface area contributed by atoms with Gasteiger partial charge in [0.2, 0.25) is 0 Å². The first kappa shape index (κ1) is 12.2. The number of nitrogens with one attached hydrogen (secondary N) is 1. The Bertz CT molecular complexity index is 381. The summed E-state index contributed by atoms with van der Waals surface area (Å²) in [6.07, 6.45) is 6.20. The molecule has 0 bridgehead atoms. The van der Waals surface area contributed by atoms with E-state index in [1.54, 1.807) is 6.20 Å². The Morgan fingerprint density at radius 2 is 2.35 bits per heavy atom. The summed E-state index contributed by atoms with van der Waals surface area (Å²) in [5.41, 5.74) is 7.52. The lowest BCUT2D eigenvalue weighted by Gasteiger charge is -2.29. The number of aliphatic hydroxyl groups excluding tert-OH is 1. The lowest BCUT2D eigenvalue weighted by molar-refractivity contribution is 0.184. The Kier molecular flexibility index (Phi) is 3.84. The van der Waals surface area contributed by atoms with Crippen molar-refractivity contribution in [1.82, 2.24) is 4.98 Å². The molecule has 2 atom stereocenters. The fraction of sp³-hybridized carbons (Fsp3) is 0.615. The summed E-state index contributed by atoms with van der Waals surface area (Å²) in [4.78, 5) is 4.29. The standard InChI is InChI=1S/C13H21N3O/c1-9-5-13(15-7-12(9)14)16-11-4-2-3-10(6-11)8-17/h5,7,10-11,17H,2-4,6,8,14H2,1H3,(H,15,16). The number of rotatable bonds is 3. The van der Waals surface area contributed by atoms with Crippen molar-refractivity contribution in [2.24, 2.45) is 5.92 Å². The van der Waals surface area contributed by atoms with E-state index in [0.717, 1.165) is 36.3 Å². The van der Waals surface area contributed by atoms with Crippen molar-refractivity contribution in [2.45, 2.75) is 38.6 Å². The summed E-state index contributed by atoms with van der Waals surface area (Å²) in [6.45, 7) is 2.28. The second-order valence-electron chi connectivity index (χ2n) is 4.98. The third kappa shape index (κ3) is 3.09. The quantitative estimate of drug-likeness (QED) is 0.748. The third-order valence-corrected chi connectivity index (χ3v) is 3.54. The molecular weight excluding hydrogens is 214 g/mol. The molecule has 1 aromatic rings. The largest absolute Gasteiger partial charge is 0.397 e. The van der Waals surface area contributed by atoms with Gasteiger partial charge >= 0.3 is 0 Å². The highest BCUT2D eigenvalue weighted by atomic mass is 16.3. The van der Waals surface area contributed by atoms with Crippen LogP contribution in [0.25, 0.3) is 0 Å². The number of nitrogens with two attached hydrogens (primary N) is 1. The normalized spacial score (nSPS) is 24.6. The number of hydrogen-bond acceptors (Lipinski definition) is 4. The molecule has 0 aromatic carbocycles. The first-order valence-corrected chi connectivity index (χ1v) is 6.28. The molecule has 1 heterocycles. The van der Waals surface area contributed by atoms with Gasteiger partial charge in [0, 0.05) is 12.6 Å². The summed E-state index contributed by atoms with van der Waals surface area (Å²) in [5, 5.41) is 12.6. The van der Waals surface area contributed by atoms with Gasteiger partial charge in [0.15, 0.2) is 0 Å². The van der Waals surface area contributed by atoms with Gasteiger partial charge in [0.05, 0.1) is 11.9 Å². The predicted molar refractivity (Wildman–Crippen MR) is 69.8 cm³/mol. The van der Waals surface area contributed by atoms with Gasteiger partial charge in [-0.05, 0) is 43.7 Å². The number of aromatic nitrogens is 1. The van der Waals surface area contributed by atoms with Crippen LogP contribution in [-0.2, 0) is 0 Å². The maximum absolute atomic E-state index is 9.20. The predicted octanol–water partition coefficient (Wildman–Crippen LogP) is 1.94. The van der Waals surface area contributed by atoms with Gasteiger partial charge in [-0.2, -0.15) is 0 Å². The van der Waals surface area contributed by atoms with Crippen LogP contribution in [0, 0.1) is 12.8 Å². The van der Waals surface area contributed by atoms with Gasteiger partial charge in [-0.3, -0.25) is 0 Å². The lowest BCUT2D eigenvalue weighted by Crippen LogP contribution is -2.29. The van der Waals surface area contributed by atoms with Crippen molar-refractivity contribution in [3.63, 3.8) is 0 Å². The smallest absolute Gasteiger partial charge is 0.126 e. The van der Waals surface area contributed by atoms with Gasteiger partial charge in [-0.1, -0.05) is 6.42 Å². The van der Waals surface area contributed by atoms with E-state index in [1.165, 1.54) is 6.42 Å². The molecule has 0 amide bonds. The van der Waals surface area contributed by atoms with Crippen molar-refractivity contribution < 1.29 is 5.11 Å². The topological polar surface area (TPSA) is 71.2 Å². The number of aliphatic hydroxyl groups is 1. The SMILES string of the molecule is Cc1cc(NC2CCCC(CO)C2)ncc1N. The minimum Gasteiger partial charge on any atom is -0.397 e. The molecule has 0 radical (unpaired) electrons. The van der Waals surface area contributed by atoms with Crippen molar-refractivity contribution in [3.8, 4) is 0 Å². The molecule has 1 aliphatic rings. The molecular formula is C13H21N3O. The van der Waals surface area contributed by atoms with Crippen LogP contribution in [0.5, 0.6) is 0 Å². The monoisotopic (exact) mass is 235 g/mol. The molecule has 1 saturated carbocycles. The van der Waals surface area contributed by atoms with Gasteiger partial charge < -0.3 is 16.2 Å². The van der Waals surface area contributed by atoms with Gasteiger partial charge in [-0.25, -0.2) is 4.98 Å². The van der Waals surface area contributed by atoms with Crippen molar-refractivity contribution >= 4 is 11.5 Å². The van der Waals surface area contributed by atoms with E-state index < -0.39 is 0 Å². The Balaban J connectivity index is 1.97. The summed E-state index contributed by atoms with van der Waals surface area (Å²) in [7, 11) is 0. The molecule has 1 aliphatic carbocycles. The molecule has 1 aromatic heterocycles. The zero-order valence-corrected chi connectivity index (χ0v) is 10.3. The highest BCUT2D eigenvalue weighted by molar-refractivity contribution is 5.51. The first-order valence-electron chi connectivity index (χ1n) is 6.28. The molecule has 1 fully saturated rings. The zero-order valence-electron chi connectivity index (χ0n) is 10.3. The summed E-state index contributed by atoms with van der Waals surface area (Å²) in [5.74, 6) is 1.33. The van der Waals surface area contributed by atoms with E-state index in [1.807, 2.05) is 13.0 Å². The van der Waals surface area contributed by atoms with Crippen LogP contribution >= 0.6 is 0 Å². The number of pyridine rings is 1. The minimum absolute atomic E-state index is 0.298. The fourth-order valence-electron chi connectivity index (χ4n) is 2.44. The van der Waals surface area contributed by atoms with Gasteiger partial charge in [0.25, 0.3) is 0 Å². The zero-order chi connectivity index (χ0) is 12.3. The first-order chi connectivity index (χ1) is 8.19. The molecule has 4 heteroatoms. The molecule has 4 nitrogen and oxygen atoms in total. The van der Waals surface area contributed by atoms with Gasteiger partial charge in [0.1, 0.15) is 5.82 Å². The number of anilines is 2. The Morgan fingerprint density at radius 1 is 1.53 bits per heavy atom. The molecule has 4 N–H and O–H groups in total. The van der Waals surface area contributed by atoms with Crippen LogP contribution in [0.4, 0.5) is 11.5 Å². The van der Waals surface area contributed by atoms with Crippen molar-refractivity contribution in [3.05, 3.63) is 17.8 Å². The maximum Gasteiger partial charge on any atom is 0.126 e. The van der Waals surface area contributed by atoms with Crippen LogP contribution in [0.3, 0.4) is 0 Å². The molecule has 2 unspecified atom stereocenters. The van der Waals surface area contributed by atoms with E-state index in [-0.39, 0.29) is 0 Å². The highest BCUT2D eigenvalue weighted by Crippen LogP contribution is 2.26. The third-order valence-electron chi connectivity index (χ3n) is 3.54. The number of aryl methyl sites for hydroxylation is 1. The van der Waals surface area contributed by atoms with Crippen LogP contribution in [0.15, 0.2) is 12.3 Å². The minimum atomic E-state index is 0.298. The second kappa shape index (κ2) is 5.36. The molecule has 17 heavy (non-hydrogen) atoms. The Labute approximate surface area is 102 Å². The lowest BCUT2D eigenvalue weighted by atomic mass is 9.86.